The van der Waals surface area contributed by atoms with Crippen molar-refractivity contribution in [1.82, 2.24) is 25.1 Å². The number of piperidine rings is 1. The third kappa shape index (κ3) is 3.33. The van der Waals surface area contributed by atoms with Crippen LogP contribution in [0, 0.1) is 5.92 Å². The molecule has 1 saturated heterocycles. The Balaban J connectivity index is 2.02. The largest absolute Gasteiger partial charge is 0.289 e. The molecule has 0 bridgehead atoms. The molecule has 0 unspecified atom stereocenters. The minimum Gasteiger partial charge on any atom is -0.289 e. The lowest BCUT2D eigenvalue weighted by molar-refractivity contribution is 0.137. The molecule has 0 aromatic carbocycles. The first-order chi connectivity index (χ1) is 11.0. The Kier molecular flexibility index (Phi) is 4.82. The number of hydrogen-bond donors (Lipinski definition) is 0. The molecule has 23 heavy (non-hydrogen) atoms. The van der Waals surface area contributed by atoms with Gasteiger partial charge in [0.25, 0.3) is 0 Å². The van der Waals surface area contributed by atoms with E-state index in [-0.39, 0.29) is 11.6 Å². The predicted octanol–water partition coefficient (Wildman–Crippen LogP) is 3.70. The lowest BCUT2D eigenvalue weighted by Crippen LogP contribution is -2.40. The van der Waals surface area contributed by atoms with E-state index in [2.05, 4.69) is 65.6 Å². The molecule has 0 aliphatic carbocycles. The number of likely N-dealkylation sites (tertiary alicyclic amines) is 1. The number of thiophene rings is 1. The van der Waals surface area contributed by atoms with Crippen LogP contribution in [0.3, 0.4) is 0 Å². The van der Waals surface area contributed by atoms with Gasteiger partial charge in [-0.05, 0) is 67.4 Å². The zero-order valence-corrected chi connectivity index (χ0v) is 15.4. The van der Waals surface area contributed by atoms with Gasteiger partial charge in [-0.3, -0.25) is 4.90 Å². The van der Waals surface area contributed by atoms with Gasteiger partial charge in [-0.2, -0.15) is 0 Å². The summed E-state index contributed by atoms with van der Waals surface area (Å²) < 4.78 is 2.04. The minimum absolute atomic E-state index is 0.0737. The van der Waals surface area contributed by atoms with Crippen molar-refractivity contribution in [1.29, 1.82) is 0 Å². The first-order valence-corrected chi connectivity index (χ1v) is 9.47. The van der Waals surface area contributed by atoms with E-state index in [1.807, 2.05) is 4.68 Å². The Hall–Kier alpha value is -1.27. The van der Waals surface area contributed by atoms with Crippen molar-refractivity contribution >= 4 is 11.3 Å². The van der Waals surface area contributed by atoms with E-state index in [4.69, 9.17) is 0 Å². The molecule has 2 aromatic heterocycles. The van der Waals surface area contributed by atoms with Crippen molar-refractivity contribution in [3.05, 3.63) is 28.2 Å². The molecular formula is C17H27N5S. The third-order valence-corrected chi connectivity index (χ3v) is 5.97. The van der Waals surface area contributed by atoms with Gasteiger partial charge >= 0.3 is 0 Å². The number of hydrogen-bond acceptors (Lipinski definition) is 5. The second-order valence-corrected chi connectivity index (χ2v) is 8.25. The number of tetrazole rings is 1. The van der Waals surface area contributed by atoms with E-state index in [1.165, 1.54) is 17.7 Å². The monoisotopic (exact) mass is 333 g/mol. The molecule has 0 spiro atoms. The van der Waals surface area contributed by atoms with Crippen LogP contribution in [0.1, 0.15) is 63.7 Å². The van der Waals surface area contributed by atoms with Crippen molar-refractivity contribution in [2.75, 3.05) is 13.1 Å². The van der Waals surface area contributed by atoms with Crippen LogP contribution >= 0.6 is 11.3 Å². The summed E-state index contributed by atoms with van der Waals surface area (Å²) in [7, 11) is 0. The summed E-state index contributed by atoms with van der Waals surface area (Å²) in [6.45, 7) is 11.2. The summed E-state index contributed by atoms with van der Waals surface area (Å²) in [5.41, 5.74) is -0.0737. The number of nitrogens with zero attached hydrogens (tertiary/aromatic N) is 5. The van der Waals surface area contributed by atoms with E-state index in [1.54, 1.807) is 11.3 Å². The number of aromatic nitrogens is 4. The summed E-state index contributed by atoms with van der Waals surface area (Å²) in [5, 5.41) is 15.0. The highest BCUT2D eigenvalue weighted by atomic mass is 32.1. The van der Waals surface area contributed by atoms with Crippen LogP contribution in [0.25, 0.3) is 0 Å². The Morgan fingerprint density at radius 1 is 1.43 bits per heavy atom. The van der Waals surface area contributed by atoms with Gasteiger partial charge in [0.15, 0.2) is 5.82 Å². The first kappa shape index (κ1) is 16.6. The second-order valence-electron chi connectivity index (χ2n) is 7.28. The second kappa shape index (κ2) is 6.69. The van der Waals surface area contributed by atoms with Crippen LogP contribution in [-0.2, 0) is 5.54 Å². The maximum Gasteiger partial charge on any atom is 0.174 e. The van der Waals surface area contributed by atoms with Gasteiger partial charge in [0, 0.05) is 11.4 Å². The third-order valence-electron chi connectivity index (χ3n) is 5.04. The summed E-state index contributed by atoms with van der Waals surface area (Å²) in [6.07, 6.45) is 3.57. The zero-order valence-electron chi connectivity index (χ0n) is 14.6. The van der Waals surface area contributed by atoms with Crippen LogP contribution < -0.4 is 0 Å². The smallest absolute Gasteiger partial charge is 0.174 e. The fourth-order valence-corrected chi connectivity index (χ4v) is 4.18. The Bertz CT molecular complexity index is 619. The van der Waals surface area contributed by atoms with Crippen molar-refractivity contribution in [3.8, 4) is 0 Å². The van der Waals surface area contributed by atoms with Crippen molar-refractivity contribution in [2.24, 2.45) is 5.92 Å². The van der Waals surface area contributed by atoms with Gasteiger partial charge in [-0.1, -0.05) is 19.9 Å². The van der Waals surface area contributed by atoms with E-state index in [9.17, 15) is 0 Å². The summed E-state index contributed by atoms with van der Waals surface area (Å²) in [4.78, 5) is 3.90. The standard InChI is InChI=1S/C17H27N5S/c1-5-17(3,4)22-16(18-19-20-22)15(14-9-7-11-23-14)21-10-6-8-13(2)12-21/h7,9,11,13,15H,5-6,8,10,12H2,1-4H3/t13-,15+/m1/s1. The van der Waals surface area contributed by atoms with E-state index in [0.717, 1.165) is 31.3 Å². The molecule has 1 aliphatic heterocycles. The van der Waals surface area contributed by atoms with E-state index >= 15 is 0 Å². The molecule has 126 valence electrons. The Labute approximate surface area is 142 Å². The van der Waals surface area contributed by atoms with Crippen LogP contribution in [-0.4, -0.2) is 38.2 Å². The highest BCUT2D eigenvalue weighted by Gasteiger charge is 2.34. The molecule has 0 amide bonds. The maximum atomic E-state index is 4.45. The van der Waals surface area contributed by atoms with Crippen LogP contribution in [0.2, 0.25) is 0 Å². The van der Waals surface area contributed by atoms with Crippen LogP contribution in [0.4, 0.5) is 0 Å². The molecular weight excluding hydrogens is 306 g/mol. The van der Waals surface area contributed by atoms with Gasteiger partial charge in [-0.25, -0.2) is 4.68 Å². The number of rotatable bonds is 5. The highest BCUT2D eigenvalue weighted by molar-refractivity contribution is 7.10. The van der Waals surface area contributed by atoms with E-state index < -0.39 is 0 Å². The SMILES string of the molecule is CCC(C)(C)n1nnnc1[C@H](c1cccs1)N1CCC[C@@H](C)C1. The first-order valence-electron chi connectivity index (χ1n) is 8.59. The van der Waals surface area contributed by atoms with Gasteiger partial charge in [0.05, 0.1) is 5.54 Å². The molecule has 6 heteroatoms. The van der Waals surface area contributed by atoms with Crippen molar-refractivity contribution in [3.63, 3.8) is 0 Å². The molecule has 2 atom stereocenters. The van der Waals surface area contributed by atoms with E-state index in [0.29, 0.717) is 0 Å². The summed E-state index contributed by atoms with van der Waals surface area (Å²) >= 11 is 1.80. The predicted molar refractivity (Wildman–Crippen MR) is 93.6 cm³/mol. The lowest BCUT2D eigenvalue weighted by Gasteiger charge is -2.37. The molecule has 1 aliphatic rings. The fourth-order valence-electron chi connectivity index (χ4n) is 3.32. The van der Waals surface area contributed by atoms with Gasteiger partial charge in [0.1, 0.15) is 6.04 Å². The molecule has 2 aromatic rings. The molecule has 0 saturated carbocycles. The highest BCUT2D eigenvalue weighted by Crippen LogP contribution is 2.35. The Morgan fingerprint density at radius 2 is 2.26 bits per heavy atom. The Morgan fingerprint density at radius 3 is 2.91 bits per heavy atom. The molecule has 3 rings (SSSR count). The normalized spacial score (nSPS) is 21.5. The van der Waals surface area contributed by atoms with Crippen LogP contribution in [0.15, 0.2) is 17.5 Å². The fraction of sp³-hybridized carbons (Fsp3) is 0.706. The zero-order chi connectivity index (χ0) is 16.4. The lowest BCUT2D eigenvalue weighted by atomic mass is 9.97. The van der Waals surface area contributed by atoms with Gasteiger partial charge in [-0.15, -0.1) is 16.4 Å². The van der Waals surface area contributed by atoms with Crippen molar-refractivity contribution < 1.29 is 0 Å². The maximum absolute atomic E-state index is 4.45. The molecule has 0 N–H and O–H groups in total. The molecule has 3 heterocycles. The molecule has 1 fully saturated rings. The summed E-state index contributed by atoms with van der Waals surface area (Å²) in [5.74, 6) is 1.71. The molecule has 5 nitrogen and oxygen atoms in total. The average molecular weight is 334 g/mol. The van der Waals surface area contributed by atoms with Gasteiger partial charge in [0.2, 0.25) is 0 Å². The quantitative estimate of drug-likeness (QED) is 0.837. The average Bonchev–Trinajstić information content (AvgIpc) is 3.20. The summed E-state index contributed by atoms with van der Waals surface area (Å²) in [6, 6.07) is 4.50. The van der Waals surface area contributed by atoms with Crippen molar-refractivity contribution in [2.45, 2.75) is 58.5 Å². The minimum atomic E-state index is -0.0737. The topological polar surface area (TPSA) is 46.8 Å². The van der Waals surface area contributed by atoms with Gasteiger partial charge < -0.3 is 0 Å². The van der Waals surface area contributed by atoms with Crippen LogP contribution in [0.5, 0.6) is 0 Å². The molecule has 0 radical (unpaired) electrons.